The Kier molecular flexibility index (Phi) is 3.35. The van der Waals surface area contributed by atoms with Crippen molar-refractivity contribution in [3.8, 4) is 11.5 Å². The van der Waals surface area contributed by atoms with Crippen molar-refractivity contribution in [2.24, 2.45) is 0 Å². The van der Waals surface area contributed by atoms with Gasteiger partial charge < -0.3 is 24.4 Å². The first-order valence-electron chi connectivity index (χ1n) is 7.04. The molecule has 0 saturated carbocycles. The molecule has 2 heterocycles. The smallest absolute Gasteiger partial charge is 0.410 e. The van der Waals surface area contributed by atoms with E-state index in [1.54, 1.807) is 24.1 Å². The zero-order valence-electron chi connectivity index (χ0n) is 12.5. The summed E-state index contributed by atoms with van der Waals surface area (Å²) in [6.45, 7) is 1.38. The minimum atomic E-state index is -0.601. The lowest BCUT2D eigenvalue weighted by Crippen LogP contribution is -2.39. The van der Waals surface area contributed by atoms with Crippen LogP contribution in [-0.2, 0) is 4.74 Å². The van der Waals surface area contributed by atoms with E-state index in [0.717, 1.165) is 0 Å². The number of phenolic OH excluding ortho intramolecular Hbond substituents is 1. The summed E-state index contributed by atoms with van der Waals surface area (Å²) in [4.78, 5) is 27.2. The summed E-state index contributed by atoms with van der Waals surface area (Å²) in [5.74, 6) is 0.0514. The van der Waals surface area contributed by atoms with Gasteiger partial charge in [0.25, 0.3) is 5.91 Å². The molecule has 0 aliphatic carbocycles. The molecule has 7 nitrogen and oxygen atoms in total. The van der Waals surface area contributed by atoms with E-state index in [9.17, 15) is 14.7 Å². The first-order chi connectivity index (χ1) is 10.4. The molecule has 1 spiro atoms. The van der Waals surface area contributed by atoms with Crippen LogP contribution in [0.15, 0.2) is 18.2 Å². The lowest BCUT2D eigenvalue weighted by molar-refractivity contribution is 0.0553. The van der Waals surface area contributed by atoms with Crippen LogP contribution >= 0.6 is 0 Å². The molecule has 0 radical (unpaired) electrons. The Hall–Kier alpha value is -2.44. The van der Waals surface area contributed by atoms with Crippen molar-refractivity contribution in [1.82, 2.24) is 9.80 Å². The number of likely N-dealkylation sites (N-methyl/N-ethyl adjacent to an activating group) is 1. The highest BCUT2D eigenvalue weighted by molar-refractivity contribution is 5.95. The SMILES string of the molecule is COc1ccc(C(=O)N2CCC3(CN(C)C(=O)O3)C2)cc1O. The van der Waals surface area contributed by atoms with Crippen molar-refractivity contribution in [2.45, 2.75) is 12.0 Å². The lowest BCUT2D eigenvalue weighted by atomic mass is 10.0. The normalized spacial score (nSPS) is 24.0. The highest BCUT2D eigenvalue weighted by Crippen LogP contribution is 2.33. The van der Waals surface area contributed by atoms with Gasteiger partial charge in [0, 0.05) is 25.6 Å². The first kappa shape index (κ1) is 14.5. The van der Waals surface area contributed by atoms with Gasteiger partial charge in [-0.15, -0.1) is 0 Å². The quantitative estimate of drug-likeness (QED) is 0.884. The van der Waals surface area contributed by atoms with Crippen molar-refractivity contribution in [2.75, 3.05) is 33.8 Å². The predicted molar refractivity (Wildman–Crippen MR) is 77.0 cm³/mol. The fourth-order valence-corrected chi connectivity index (χ4v) is 3.03. The van der Waals surface area contributed by atoms with Crippen LogP contribution in [0.2, 0.25) is 0 Å². The third kappa shape index (κ3) is 2.32. The highest BCUT2D eigenvalue weighted by atomic mass is 16.6. The third-order valence-corrected chi connectivity index (χ3v) is 4.17. The number of hydrogen-bond donors (Lipinski definition) is 1. The largest absolute Gasteiger partial charge is 0.504 e. The van der Waals surface area contributed by atoms with Crippen molar-refractivity contribution in [1.29, 1.82) is 0 Å². The number of rotatable bonds is 2. The number of methoxy groups -OCH3 is 1. The van der Waals surface area contributed by atoms with Crippen molar-refractivity contribution in [3.63, 3.8) is 0 Å². The predicted octanol–water partition coefficient (Wildman–Crippen LogP) is 1.07. The van der Waals surface area contributed by atoms with E-state index in [-0.39, 0.29) is 17.7 Å². The summed E-state index contributed by atoms with van der Waals surface area (Å²) >= 11 is 0. The van der Waals surface area contributed by atoms with Gasteiger partial charge in [0.1, 0.15) is 0 Å². The van der Waals surface area contributed by atoms with Gasteiger partial charge in [0.2, 0.25) is 0 Å². The minimum absolute atomic E-state index is 0.0747. The molecule has 1 N–H and O–H groups in total. The molecular weight excluding hydrogens is 288 g/mol. The molecule has 2 aliphatic heterocycles. The van der Waals surface area contributed by atoms with Gasteiger partial charge in [-0.05, 0) is 18.2 Å². The Balaban J connectivity index is 1.74. The summed E-state index contributed by atoms with van der Waals surface area (Å²) in [6, 6.07) is 4.55. The maximum atomic E-state index is 12.5. The number of nitrogens with zero attached hydrogens (tertiary/aromatic N) is 2. The molecule has 1 atom stereocenters. The Morgan fingerprint density at radius 3 is 2.77 bits per heavy atom. The molecule has 118 valence electrons. The molecule has 1 unspecified atom stereocenters. The average molecular weight is 306 g/mol. The number of aromatic hydroxyl groups is 1. The summed E-state index contributed by atoms with van der Waals surface area (Å²) < 4.78 is 10.4. The van der Waals surface area contributed by atoms with Crippen LogP contribution in [0.25, 0.3) is 0 Å². The number of carbonyl (C=O) groups excluding carboxylic acids is 2. The van der Waals surface area contributed by atoms with Crippen molar-refractivity contribution < 1.29 is 24.2 Å². The molecule has 22 heavy (non-hydrogen) atoms. The number of benzene rings is 1. The average Bonchev–Trinajstić information content (AvgIpc) is 3.01. The van der Waals surface area contributed by atoms with Crippen LogP contribution in [0.5, 0.6) is 11.5 Å². The van der Waals surface area contributed by atoms with E-state index in [4.69, 9.17) is 9.47 Å². The molecule has 0 bridgehead atoms. The monoisotopic (exact) mass is 306 g/mol. The summed E-state index contributed by atoms with van der Waals surface area (Å²) in [7, 11) is 3.13. The number of hydrogen-bond acceptors (Lipinski definition) is 5. The van der Waals surface area contributed by atoms with Crippen LogP contribution < -0.4 is 4.74 Å². The Bertz CT molecular complexity index is 632. The molecule has 1 aromatic carbocycles. The van der Waals surface area contributed by atoms with E-state index >= 15 is 0 Å². The van der Waals surface area contributed by atoms with Crippen LogP contribution in [0.4, 0.5) is 4.79 Å². The van der Waals surface area contributed by atoms with Gasteiger partial charge in [0.05, 0.1) is 20.2 Å². The van der Waals surface area contributed by atoms with Crippen LogP contribution in [0.1, 0.15) is 16.8 Å². The van der Waals surface area contributed by atoms with Gasteiger partial charge in [-0.2, -0.15) is 0 Å². The Morgan fingerprint density at radius 2 is 2.18 bits per heavy atom. The molecule has 2 saturated heterocycles. The molecule has 2 amide bonds. The van der Waals surface area contributed by atoms with Crippen molar-refractivity contribution in [3.05, 3.63) is 23.8 Å². The zero-order chi connectivity index (χ0) is 15.9. The Morgan fingerprint density at radius 1 is 1.41 bits per heavy atom. The second kappa shape index (κ2) is 5.08. The number of phenols is 1. The molecule has 2 fully saturated rings. The molecular formula is C15H18N2O5. The first-order valence-corrected chi connectivity index (χ1v) is 7.04. The number of carbonyl (C=O) groups is 2. The maximum Gasteiger partial charge on any atom is 0.410 e. The second-order valence-electron chi connectivity index (χ2n) is 5.77. The minimum Gasteiger partial charge on any atom is -0.504 e. The number of likely N-dealkylation sites (tertiary alicyclic amines) is 1. The topological polar surface area (TPSA) is 79.3 Å². The standard InChI is InChI=1S/C15H18N2O5/c1-16-8-15(22-14(16)20)5-6-17(9-15)13(19)10-3-4-12(21-2)11(18)7-10/h3-4,7,18H,5-6,8-9H2,1-2H3. The second-order valence-corrected chi connectivity index (χ2v) is 5.77. The molecule has 7 heteroatoms. The van der Waals surface area contributed by atoms with Gasteiger partial charge >= 0.3 is 6.09 Å². The highest BCUT2D eigenvalue weighted by Gasteiger charge is 2.49. The van der Waals surface area contributed by atoms with Crippen LogP contribution in [0.3, 0.4) is 0 Å². The fraction of sp³-hybridized carbons (Fsp3) is 0.467. The molecule has 0 aromatic heterocycles. The number of ether oxygens (including phenoxy) is 2. The van der Waals surface area contributed by atoms with Gasteiger partial charge in [-0.1, -0.05) is 0 Å². The third-order valence-electron chi connectivity index (χ3n) is 4.17. The van der Waals surface area contributed by atoms with Gasteiger partial charge in [0.15, 0.2) is 17.1 Å². The molecule has 2 aliphatic rings. The van der Waals surface area contributed by atoms with Gasteiger partial charge in [-0.25, -0.2) is 4.79 Å². The molecule has 3 rings (SSSR count). The fourth-order valence-electron chi connectivity index (χ4n) is 3.03. The van der Waals surface area contributed by atoms with E-state index in [2.05, 4.69) is 0 Å². The van der Waals surface area contributed by atoms with Gasteiger partial charge in [-0.3, -0.25) is 4.79 Å². The van der Waals surface area contributed by atoms with Crippen LogP contribution in [0, 0.1) is 0 Å². The van der Waals surface area contributed by atoms with E-state index in [1.807, 2.05) is 0 Å². The maximum absolute atomic E-state index is 12.5. The summed E-state index contributed by atoms with van der Waals surface area (Å²) in [5.41, 5.74) is -0.219. The summed E-state index contributed by atoms with van der Waals surface area (Å²) in [6.07, 6.45) is 0.271. The van der Waals surface area contributed by atoms with Crippen molar-refractivity contribution >= 4 is 12.0 Å². The van der Waals surface area contributed by atoms with E-state index in [1.165, 1.54) is 18.1 Å². The number of amides is 2. The zero-order valence-corrected chi connectivity index (χ0v) is 12.5. The lowest BCUT2D eigenvalue weighted by Gasteiger charge is -2.22. The van der Waals surface area contributed by atoms with Crippen LogP contribution in [-0.4, -0.2) is 66.3 Å². The summed E-state index contributed by atoms with van der Waals surface area (Å²) in [5, 5.41) is 9.79. The van der Waals surface area contributed by atoms with E-state index < -0.39 is 5.60 Å². The van der Waals surface area contributed by atoms with E-state index in [0.29, 0.717) is 37.4 Å². The Labute approximate surface area is 128 Å². The molecule has 1 aromatic rings.